The van der Waals surface area contributed by atoms with E-state index in [-0.39, 0.29) is 6.61 Å². The van der Waals surface area contributed by atoms with E-state index >= 15 is 0 Å². The quantitative estimate of drug-likeness (QED) is 0.890. The van der Waals surface area contributed by atoms with Gasteiger partial charge in [0.25, 0.3) is 0 Å². The van der Waals surface area contributed by atoms with Gasteiger partial charge in [-0.25, -0.2) is 4.68 Å². The number of aliphatic hydroxyl groups is 1. The maximum absolute atomic E-state index is 9.08. The van der Waals surface area contributed by atoms with Gasteiger partial charge in [0.2, 0.25) is 0 Å². The number of hydrogen-bond donors (Lipinski definition) is 1. The minimum atomic E-state index is -0.0464. The van der Waals surface area contributed by atoms with Gasteiger partial charge < -0.3 is 5.11 Å². The van der Waals surface area contributed by atoms with E-state index in [2.05, 4.69) is 12.0 Å². The Hall–Kier alpha value is -1.32. The highest BCUT2D eigenvalue weighted by Gasteiger charge is 2.10. The van der Waals surface area contributed by atoms with Crippen molar-refractivity contribution in [1.29, 1.82) is 0 Å². The number of rotatable bonds is 2. The van der Waals surface area contributed by atoms with Crippen LogP contribution in [0.2, 0.25) is 5.02 Å². The molecule has 1 aromatic heterocycles. The number of nitrogens with zero attached hydrogens (tertiary/aromatic N) is 2. The topological polar surface area (TPSA) is 38.0 Å². The van der Waals surface area contributed by atoms with Crippen molar-refractivity contribution < 1.29 is 5.11 Å². The van der Waals surface area contributed by atoms with E-state index in [1.165, 1.54) is 5.56 Å². The van der Waals surface area contributed by atoms with Crippen LogP contribution in [0.3, 0.4) is 0 Å². The highest BCUT2D eigenvalue weighted by Crippen LogP contribution is 2.22. The Morgan fingerprint density at radius 3 is 2.47 bits per heavy atom. The molecular formula is C13H15ClN2O. The van der Waals surface area contributed by atoms with Crippen LogP contribution in [0.5, 0.6) is 0 Å². The largest absolute Gasteiger partial charge is 0.392 e. The molecule has 0 bridgehead atoms. The zero-order valence-electron chi connectivity index (χ0n) is 10.2. The first kappa shape index (κ1) is 12.1. The number of hydrogen-bond acceptors (Lipinski definition) is 2. The molecule has 0 aliphatic rings. The third-order valence-corrected chi connectivity index (χ3v) is 3.46. The van der Waals surface area contributed by atoms with Crippen LogP contribution >= 0.6 is 11.6 Å². The fourth-order valence-electron chi connectivity index (χ4n) is 1.77. The van der Waals surface area contributed by atoms with Gasteiger partial charge in [0, 0.05) is 10.7 Å². The first-order valence-corrected chi connectivity index (χ1v) is 5.85. The van der Waals surface area contributed by atoms with E-state index in [1.54, 1.807) is 0 Å². The lowest BCUT2D eigenvalue weighted by atomic mass is 10.2. The fourth-order valence-corrected chi connectivity index (χ4v) is 2.00. The minimum Gasteiger partial charge on any atom is -0.392 e. The molecule has 0 spiro atoms. The second kappa shape index (κ2) is 4.51. The van der Waals surface area contributed by atoms with Gasteiger partial charge in [-0.05, 0) is 44.0 Å². The zero-order chi connectivity index (χ0) is 12.6. The Morgan fingerprint density at radius 2 is 2.00 bits per heavy atom. The predicted molar refractivity (Wildman–Crippen MR) is 68.7 cm³/mol. The van der Waals surface area contributed by atoms with Crippen molar-refractivity contribution >= 4 is 11.6 Å². The number of halogens is 1. The first-order valence-electron chi connectivity index (χ1n) is 5.47. The van der Waals surface area contributed by atoms with Gasteiger partial charge in [-0.15, -0.1) is 0 Å². The molecule has 90 valence electrons. The SMILES string of the molecule is Cc1nn(-c2ccc(CO)c(Cl)c2)c(C)c1C. The standard InChI is InChI=1S/C13H15ClN2O/c1-8-9(2)15-16(10(8)3)12-5-4-11(7-17)13(14)6-12/h4-6,17H,7H2,1-3H3. The Morgan fingerprint density at radius 1 is 1.29 bits per heavy atom. The van der Waals surface area contributed by atoms with E-state index in [9.17, 15) is 0 Å². The van der Waals surface area contributed by atoms with Gasteiger partial charge in [0.15, 0.2) is 0 Å². The van der Waals surface area contributed by atoms with Crippen molar-refractivity contribution in [3.8, 4) is 5.69 Å². The molecule has 2 aromatic rings. The van der Waals surface area contributed by atoms with E-state index in [4.69, 9.17) is 16.7 Å². The lowest BCUT2D eigenvalue weighted by Gasteiger charge is -2.07. The molecule has 0 saturated carbocycles. The molecule has 17 heavy (non-hydrogen) atoms. The Labute approximate surface area is 106 Å². The summed E-state index contributed by atoms with van der Waals surface area (Å²) < 4.78 is 1.87. The summed E-state index contributed by atoms with van der Waals surface area (Å²) in [5.41, 5.74) is 4.96. The van der Waals surface area contributed by atoms with Crippen LogP contribution in [0.25, 0.3) is 5.69 Å². The molecule has 0 atom stereocenters. The third-order valence-electron chi connectivity index (χ3n) is 3.10. The molecule has 2 rings (SSSR count). The highest BCUT2D eigenvalue weighted by molar-refractivity contribution is 6.31. The number of aryl methyl sites for hydroxylation is 1. The van der Waals surface area contributed by atoms with Crippen LogP contribution in [0.1, 0.15) is 22.5 Å². The second-order valence-electron chi connectivity index (χ2n) is 4.14. The molecule has 0 aliphatic carbocycles. The molecule has 4 heteroatoms. The first-order chi connectivity index (χ1) is 8.04. The maximum Gasteiger partial charge on any atom is 0.0696 e. The summed E-state index contributed by atoms with van der Waals surface area (Å²) in [5.74, 6) is 0. The number of benzene rings is 1. The molecule has 0 saturated heterocycles. The van der Waals surface area contributed by atoms with Crippen LogP contribution < -0.4 is 0 Å². The summed E-state index contributed by atoms with van der Waals surface area (Å²) >= 11 is 6.08. The van der Waals surface area contributed by atoms with Crippen molar-refractivity contribution in [2.75, 3.05) is 0 Å². The van der Waals surface area contributed by atoms with Crippen LogP contribution in [0.15, 0.2) is 18.2 Å². The molecule has 0 unspecified atom stereocenters. The summed E-state index contributed by atoms with van der Waals surface area (Å²) in [4.78, 5) is 0. The maximum atomic E-state index is 9.08. The average Bonchev–Trinajstić information content (AvgIpc) is 2.57. The van der Waals surface area contributed by atoms with Crippen molar-refractivity contribution in [3.63, 3.8) is 0 Å². The molecule has 0 radical (unpaired) electrons. The highest BCUT2D eigenvalue weighted by atomic mass is 35.5. The molecular weight excluding hydrogens is 236 g/mol. The summed E-state index contributed by atoms with van der Waals surface area (Å²) in [7, 11) is 0. The molecule has 1 aromatic carbocycles. The van der Waals surface area contributed by atoms with Gasteiger partial charge in [-0.2, -0.15) is 5.10 Å². The van der Waals surface area contributed by atoms with E-state index in [1.807, 2.05) is 36.7 Å². The molecule has 0 aliphatic heterocycles. The van der Waals surface area contributed by atoms with Gasteiger partial charge in [-0.1, -0.05) is 17.7 Å². The molecule has 3 nitrogen and oxygen atoms in total. The van der Waals surface area contributed by atoms with E-state index in [0.29, 0.717) is 5.02 Å². The summed E-state index contributed by atoms with van der Waals surface area (Å²) in [6.45, 7) is 6.03. The van der Waals surface area contributed by atoms with Crippen molar-refractivity contribution in [2.45, 2.75) is 27.4 Å². The smallest absolute Gasteiger partial charge is 0.0696 e. The summed E-state index contributed by atoms with van der Waals surface area (Å²) in [5, 5.41) is 14.1. The Bertz CT molecular complexity index is 561. The van der Waals surface area contributed by atoms with E-state index < -0.39 is 0 Å². The van der Waals surface area contributed by atoms with Gasteiger partial charge in [-0.3, -0.25) is 0 Å². The molecule has 0 amide bonds. The zero-order valence-corrected chi connectivity index (χ0v) is 10.9. The van der Waals surface area contributed by atoms with Gasteiger partial charge in [0.05, 0.1) is 18.0 Å². The lowest BCUT2D eigenvalue weighted by molar-refractivity contribution is 0.282. The van der Waals surface area contributed by atoms with Crippen LogP contribution in [0, 0.1) is 20.8 Å². The minimum absolute atomic E-state index is 0.0464. The van der Waals surface area contributed by atoms with Crippen molar-refractivity contribution in [2.24, 2.45) is 0 Å². The van der Waals surface area contributed by atoms with Crippen LogP contribution in [-0.2, 0) is 6.61 Å². The van der Waals surface area contributed by atoms with E-state index in [0.717, 1.165) is 22.6 Å². The number of aromatic nitrogens is 2. The Balaban J connectivity index is 2.53. The Kier molecular flexibility index (Phi) is 3.22. The van der Waals surface area contributed by atoms with Crippen LogP contribution in [0.4, 0.5) is 0 Å². The normalized spacial score (nSPS) is 10.9. The second-order valence-corrected chi connectivity index (χ2v) is 4.55. The average molecular weight is 251 g/mol. The number of aliphatic hydroxyl groups excluding tert-OH is 1. The monoisotopic (exact) mass is 250 g/mol. The summed E-state index contributed by atoms with van der Waals surface area (Å²) in [6, 6.07) is 5.56. The fraction of sp³-hybridized carbons (Fsp3) is 0.308. The van der Waals surface area contributed by atoms with Gasteiger partial charge in [0.1, 0.15) is 0 Å². The molecule has 1 N–H and O–H groups in total. The third kappa shape index (κ3) is 2.08. The summed E-state index contributed by atoms with van der Waals surface area (Å²) in [6.07, 6.45) is 0. The van der Waals surface area contributed by atoms with Crippen molar-refractivity contribution in [3.05, 3.63) is 45.7 Å². The predicted octanol–water partition coefficient (Wildman–Crippen LogP) is 2.94. The lowest BCUT2D eigenvalue weighted by Crippen LogP contribution is -2.00. The van der Waals surface area contributed by atoms with Crippen molar-refractivity contribution in [1.82, 2.24) is 9.78 Å². The molecule has 0 fully saturated rings. The van der Waals surface area contributed by atoms with Gasteiger partial charge >= 0.3 is 0 Å². The van der Waals surface area contributed by atoms with Crippen LogP contribution in [-0.4, -0.2) is 14.9 Å². The molecule has 1 heterocycles.